The Kier molecular flexibility index (Phi) is 6.08. The number of ether oxygens (including phenoxy) is 1. The quantitative estimate of drug-likeness (QED) is 0.847. The number of nitrogens with one attached hydrogen (secondary N) is 1. The topological polar surface area (TPSA) is 75.6 Å². The molecule has 1 aromatic rings. The van der Waals surface area contributed by atoms with Crippen molar-refractivity contribution in [3.8, 4) is 0 Å². The van der Waals surface area contributed by atoms with Crippen LogP contribution in [0.5, 0.6) is 0 Å². The van der Waals surface area contributed by atoms with E-state index in [0.29, 0.717) is 15.7 Å². The Balaban J connectivity index is 2.46. The SMILES string of the molecule is C[C@H](OCCC(=O)Nc1c(Cl)cccc1Cl)C(=O)O. The van der Waals surface area contributed by atoms with Crippen molar-refractivity contribution < 1.29 is 19.4 Å². The van der Waals surface area contributed by atoms with Gasteiger partial charge in [-0.15, -0.1) is 0 Å². The lowest BCUT2D eigenvalue weighted by atomic mass is 10.3. The van der Waals surface area contributed by atoms with Gasteiger partial charge in [-0.1, -0.05) is 29.3 Å². The molecule has 0 radical (unpaired) electrons. The van der Waals surface area contributed by atoms with Crippen molar-refractivity contribution in [1.29, 1.82) is 0 Å². The molecule has 5 nitrogen and oxygen atoms in total. The van der Waals surface area contributed by atoms with Crippen molar-refractivity contribution in [1.82, 2.24) is 0 Å². The number of halogens is 2. The summed E-state index contributed by atoms with van der Waals surface area (Å²) in [6, 6.07) is 4.87. The molecule has 1 rings (SSSR count). The van der Waals surface area contributed by atoms with Gasteiger partial charge in [0.2, 0.25) is 5.91 Å². The molecule has 1 atom stereocenters. The van der Waals surface area contributed by atoms with Gasteiger partial charge in [0.15, 0.2) is 6.10 Å². The van der Waals surface area contributed by atoms with E-state index in [1.54, 1.807) is 18.2 Å². The summed E-state index contributed by atoms with van der Waals surface area (Å²) in [4.78, 5) is 22.1. The molecule has 0 aliphatic rings. The molecule has 0 heterocycles. The van der Waals surface area contributed by atoms with Crippen LogP contribution in [0, 0.1) is 0 Å². The van der Waals surface area contributed by atoms with Gasteiger partial charge in [0, 0.05) is 0 Å². The first kappa shape index (κ1) is 15.8. The van der Waals surface area contributed by atoms with Crippen molar-refractivity contribution >= 4 is 40.8 Å². The zero-order chi connectivity index (χ0) is 14.4. The van der Waals surface area contributed by atoms with Gasteiger partial charge in [-0.25, -0.2) is 4.79 Å². The molecule has 1 aromatic carbocycles. The van der Waals surface area contributed by atoms with Gasteiger partial charge < -0.3 is 15.2 Å². The lowest BCUT2D eigenvalue weighted by molar-refractivity contribution is -0.149. The predicted molar refractivity (Wildman–Crippen MR) is 72.8 cm³/mol. The molecular weight excluding hydrogens is 293 g/mol. The lowest BCUT2D eigenvalue weighted by Gasteiger charge is -2.10. The molecule has 0 aromatic heterocycles. The van der Waals surface area contributed by atoms with Crippen LogP contribution in [0.4, 0.5) is 5.69 Å². The number of carboxylic acids is 1. The second kappa shape index (κ2) is 7.33. The molecule has 7 heteroatoms. The zero-order valence-corrected chi connectivity index (χ0v) is 11.7. The molecule has 104 valence electrons. The molecule has 0 fully saturated rings. The average Bonchev–Trinajstić information content (AvgIpc) is 2.33. The summed E-state index contributed by atoms with van der Waals surface area (Å²) in [5, 5.41) is 11.8. The number of anilines is 1. The fraction of sp³-hybridized carbons (Fsp3) is 0.333. The van der Waals surface area contributed by atoms with Crippen LogP contribution in [0.25, 0.3) is 0 Å². The summed E-state index contributed by atoms with van der Waals surface area (Å²) in [7, 11) is 0. The Bertz CT molecular complexity index is 459. The van der Waals surface area contributed by atoms with Crippen LogP contribution in [0.1, 0.15) is 13.3 Å². The molecule has 0 bridgehead atoms. The summed E-state index contributed by atoms with van der Waals surface area (Å²) in [6.07, 6.45) is -0.934. The fourth-order valence-electron chi connectivity index (χ4n) is 1.22. The smallest absolute Gasteiger partial charge is 0.332 e. The Morgan fingerprint density at radius 3 is 2.47 bits per heavy atom. The highest BCUT2D eigenvalue weighted by Gasteiger charge is 2.13. The molecule has 0 unspecified atom stereocenters. The Hall–Kier alpha value is -1.30. The maximum atomic E-state index is 11.6. The second-order valence-corrected chi connectivity index (χ2v) is 4.56. The van der Waals surface area contributed by atoms with Crippen LogP contribution in [0.2, 0.25) is 10.0 Å². The summed E-state index contributed by atoms with van der Waals surface area (Å²) in [6.45, 7) is 1.40. The van der Waals surface area contributed by atoms with E-state index < -0.39 is 12.1 Å². The van der Waals surface area contributed by atoms with Crippen LogP contribution in [0.3, 0.4) is 0 Å². The number of amides is 1. The first-order valence-electron chi connectivity index (χ1n) is 5.50. The number of rotatable bonds is 6. The molecule has 0 aliphatic carbocycles. The molecule has 0 saturated carbocycles. The third-order valence-corrected chi connectivity index (χ3v) is 2.90. The largest absolute Gasteiger partial charge is 0.479 e. The van der Waals surface area contributed by atoms with Gasteiger partial charge >= 0.3 is 5.97 Å². The molecule has 2 N–H and O–H groups in total. The number of carbonyl (C=O) groups excluding carboxylic acids is 1. The van der Waals surface area contributed by atoms with Crippen LogP contribution in [-0.2, 0) is 14.3 Å². The highest BCUT2D eigenvalue weighted by molar-refractivity contribution is 6.39. The summed E-state index contributed by atoms with van der Waals surface area (Å²) >= 11 is 11.8. The van der Waals surface area contributed by atoms with Gasteiger partial charge in [-0.3, -0.25) is 4.79 Å². The minimum absolute atomic E-state index is 0.00136. The number of carboxylic acid groups (broad SMARTS) is 1. The minimum Gasteiger partial charge on any atom is -0.479 e. The van der Waals surface area contributed by atoms with Crippen molar-refractivity contribution in [2.75, 3.05) is 11.9 Å². The zero-order valence-electron chi connectivity index (χ0n) is 10.2. The summed E-state index contributed by atoms with van der Waals surface area (Å²) in [5.41, 5.74) is 0.335. The Labute approximate surface area is 120 Å². The van der Waals surface area contributed by atoms with E-state index in [4.69, 9.17) is 33.0 Å². The third-order valence-electron chi connectivity index (χ3n) is 2.27. The molecular formula is C12H13Cl2NO4. The number of carbonyl (C=O) groups is 2. The van der Waals surface area contributed by atoms with Gasteiger partial charge in [0.05, 0.1) is 28.8 Å². The first-order valence-corrected chi connectivity index (χ1v) is 6.25. The van der Waals surface area contributed by atoms with Crippen LogP contribution < -0.4 is 5.32 Å². The number of hydrogen-bond donors (Lipinski definition) is 2. The van der Waals surface area contributed by atoms with E-state index >= 15 is 0 Å². The third kappa shape index (κ3) is 5.06. The lowest BCUT2D eigenvalue weighted by Crippen LogP contribution is -2.22. The van der Waals surface area contributed by atoms with Crippen molar-refractivity contribution in [3.63, 3.8) is 0 Å². The van der Waals surface area contributed by atoms with E-state index in [-0.39, 0.29) is 18.9 Å². The van der Waals surface area contributed by atoms with E-state index in [1.165, 1.54) is 6.92 Å². The van der Waals surface area contributed by atoms with Gasteiger partial charge in [-0.2, -0.15) is 0 Å². The van der Waals surface area contributed by atoms with E-state index in [2.05, 4.69) is 5.32 Å². The number of hydrogen-bond acceptors (Lipinski definition) is 3. The second-order valence-electron chi connectivity index (χ2n) is 3.75. The number of aliphatic carboxylic acids is 1. The Morgan fingerprint density at radius 1 is 1.37 bits per heavy atom. The molecule has 19 heavy (non-hydrogen) atoms. The minimum atomic E-state index is -1.07. The summed E-state index contributed by atoms with van der Waals surface area (Å²) < 4.78 is 4.95. The van der Waals surface area contributed by atoms with Gasteiger partial charge in [0.1, 0.15) is 0 Å². The molecule has 0 saturated heterocycles. The molecule has 0 spiro atoms. The summed E-state index contributed by atoms with van der Waals surface area (Å²) in [5.74, 6) is -1.43. The van der Waals surface area contributed by atoms with Crippen LogP contribution in [-0.4, -0.2) is 29.7 Å². The molecule has 0 aliphatic heterocycles. The van der Waals surface area contributed by atoms with Gasteiger partial charge in [-0.05, 0) is 19.1 Å². The monoisotopic (exact) mass is 305 g/mol. The highest BCUT2D eigenvalue weighted by atomic mass is 35.5. The Morgan fingerprint density at radius 2 is 1.95 bits per heavy atom. The first-order chi connectivity index (χ1) is 8.91. The maximum absolute atomic E-state index is 11.6. The standard InChI is InChI=1S/C12H13Cl2NO4/c1-7(12(17)18)19-6-5-10(16)15-11-8(13)3-2-4-9(11)14/h2-4,7H,5-6H2,1H3,(H,15,16)(H,17,18)/t7-/m0/s1. The predicted octanol–water partition coefficient (Wildman–Crippen LogP) is 2.81. The van der Waals surface area contributed by atoms with Crippen molar-refractivity contribution in [2.45, 2.75) is 19.4 Å². The average molecular weight is 306 g/mol. The van der Waals surface area contributed by atoms with Crippen LogP contribution >= 0.6 is 23.2 Å². The van der Waals surface area contributed by atoms with Gasteiger partial charge in [0.25, 0.3) is 0 Å². The fourth-order valence-corrected chi connectivity index (χ4v) is 1.71. The van der Waals surface area contributed by atoms with E-state index in [9.17, 15) is 9.59 Å². The van der Waals surface area contributed by atoms with Crippen molar-refractivity contribution in [2.24, 2.45) is 0 Å². The maximum Gasteiger partial charge on any atom is 0.332 e. The normalized spacial score (nSPS) is 11.9. The van der Waals surface area contributed by atoms with E-state index in [0.717, 1.165) is 0 Å². The van der Waals surface area contributed by atoms with E-state index in [1.807, 2.05) is 0 Å². The van der Waals surface area contributed by atoms with Crippen LogP contribution in [0.15, 0.2) is 18.2 Å². The van der Waals surface area contributed by atoms with Crippen molar-refractivity contribution in [3.05, 3.63) is 28.2 Å². The molecule has 1 amide bonds. The highest BCUT2D eigenvalue weighted by Crippen LogP contribution is 2.29. The number of para-hydroxylation sites is 1. The number of benzene rings is 1.